The third-order valence-electron chi connectivity index (χ3n) is 2.49. The number of benzene rings is 1. The molecule has 0 aliphatic heterocycles. The lowest BCUT2D eigenvalue weighted by Gasteiger charge is -2.08. The summed E-state index contributed by atoms with van der Waals surface area (Å²) in [6.07, 6.45) is 0.895. The minimum absolute atomic E-state index is 0.00493. The molecule has 1 N–H and O–H groups in total. The number of amides is 1. The average Bonchev–Trinajstić information content (AvgIpc) is 2.38. The first-order valence-electron chi connectivity index (χ1n) is 5.36. The average molecular weight is 283 g/mol. The Kier molecular flexibility index (Phi) is 3.76. The lowest BCUT2D eigenvalue weighted by molar-refractivity contribution is 0.102. The van der Waals surface area contributed by atoms with Crippen LogP contribution in [0.4, 0.5) is 14.5 Å². The number of anilines is 1. The zero-order chi connectivity index (χ0) is 14.0. The van der Waals surface area contributed by atoms with E-state index in [2.05, 4.69) is 10.3 Å². The topological polar surface area (TPSA) is 42.0 Å². The largest absolute Gasteiger partial charge is 0.319 e. The normalized spacial score (nSPS) is 10.3. The Morgan fingerprint density at radius 1 is 1.37 bits per heavy atom. The van der Waals surface area contributed by atoms with Gasteiger partial charge in [0, 0.05) is 0 Å². The first-order chi connectivity index (χ1) is 8.99. The third-order valence-corrected chi connectivity index (χ3v) is 2.79. The molecule has 0 aliphatic rings. The smallest absolute Gasteiger partial charge is 0.258 e. The first kappa shape index (κ1) is 13.4. The number of nitrogens with one attached hydrogen (secondary N) is 1. The summed E-state index contributed by atoms with van der Waals surface area (Å²) in [6.45, 7) is 1.57. The zero-order valence-corrected chi connectivity index (χ0v) is 10.6. The molecule has 0 saturated heterocycles. The van der Waals surface area contributed by atoms with E-state index in [-0.39, 0.29) is 16.4 Å². The molecule has 0 atom stereocenters. The summed E-state index contributed by atoms with van der Waals surface area (Å²) in [6, 6.07) is 5.51. The van der Waals surface area contributed by atoms with Crippen molar-refractivity contribution in [2.45, 2.75) is 6.92 Å². The molecule has 1 aromatic heterocycles. The van der Waals surface area contributed by atoms with Crippen molar-refractivity contribution in [1.82, 2.24) is 4.98 Å². The molecule has 1 aromatic carbocycles. The molecule has 6 heteroatoms. The molecular formula is C13H9ClF2N2O. The molecular weight excluding hydrogens is 274 g/mol. The maximum Gasteiger partial charge on any atom is 0.258 e. The maximum atomic E-state index is 13.7. The molecule has 1 amide bonds. The van der Waals surface area contributed by atoms with Gasteiger partial charge in [0.05, 0.1) is 17.4 Å². The van der Waals surface area contributed by atoms with Crippen LogP contribution in [0.2, 0.25) is 5.15 Å². The minimum Gasteiger partial charge on any atom is -0.319 e. The molecule has 0 fully saturated rings. The third kappa shape index (κ3) is 2.88. The van der Waals surface area contributed by atoms with Crippen molar-refractivity contribution in [3.63, 3.8) is 0 Å². The van der Waals surface area contributed by atoms with Crippen molar-refractivity contribution < 1.29 is 13.6 Å². The number of nitrogens with zero attached hydrogens (tertiary/aromatic N) is 1. The van der Waals surface area contributed by atoms with Gasteiger partial charge in [0.2, 0.25) is 0 Å². The highest BCUT2D eigenvalue weighted by molar-refractivity contribution is 6.33. The van der Waals surface area contributed by atoms with Gasteiger partial charge >= 0.3 is 0 Å². The van der Waals surface area contributed by atoms with Crippen molar-refractivity contribution in [2.75, 3.05) is 5.32 Å². The van der Waals surface area contributed by atoms with Gasteiger partial charge in [-0.3, -0.25) is 4.79 Å². The number of hydrogen-bond donors (Lipinski definition) is 1. The highest BCUT2D eigenvalue weighted by Gasteiger charge is 2.15. The second-order valence-electron chi connectivity index (χ2n) is 3.88. The van der Waals surface area contributed by atoms with E-state index in [0.717, 1.165) is 12.3 Å². The van der Waals surface area contributed by atoms with Crippen molar-refractivity contribution in [1.29, 1.82) is 0 Å². The summed E-state index contributed by atoms with van der Waals surface area (Å²) in [4.78, 5) is 15.4. The van der Waals surface area contributed by atoms with Crippen LogP contribution in [0.3, 0.4) is 0 Å². The molecule has 0 unspecified atom stereocenters. The molecule has 0 saturated carbocycles. The maximum absolute atomic E-state index is 13.7. The van der Waals surface area contributed by atoms with Crippen LogP contribution in [0.25, 0.3) is 0 Å². The van der Waals surface area contributed by atoms with Crippen LogP contribution >= 0.6 is 11.6 Å². The second kappa shape index (κ2) is 5.32. The summed E-state index contributed by atoms with van der Waals surface area (Å²) in [5, 5.41) is 2.18. The SMILES string of the molecule is Cc1cccc(NC(=O)c2cc(F)cnc2Cl)c1F. The van der Waals surface area contributed by atoms with Crippen LogP contribution in [0.5, 0.6) is 0 Å². The van der Waals surface area contributed by atoms with Crippen molar-refractivity contribution in [3.05, 3.63) is 58.4 Å². The Balaban J connectivity index is 2.31. The molecule has 19 heavy (non-hydrogen) atoms. The number of aryl methyl sites for hydroxylation is 1. The molecule has 2 aromatic rings. The van der Waals surface area contributed by atoms with E-state index in [9.17, 15) is 13.6 Å². The standard InChI is InChI=1S/C13H9ClF2N2O/c1-7-3-2-4-10(11(7)16)18-13(19)9-5-8(15)6-17-12(9)14/h2-6H,1H3,(H,18,19). The van der Waals surface area contributed by atoms with Gasteiger partial charge in [0.1, 0.15) is 16.8 Å². The fourth-order valence-electron chi connectivity index (χ4n) is 1.52. The molecule has 0 spiro atoms. The number of carbonyl (C=O) groups excluding carboxylic acids is 1. The number of rotatable bonds is 2. The summed E-state index contributed by atoms with van der Waals surface area (Å²) in [5.74, 6) is -1.96. The fourth-order valence-corrected chi connectivity index (χ4v) is 1.70. The Morgan fingerprint density at radius 2 is 2.11 bits per heavy atom. The van der Waals surface area contributed by atoms with Crippen molar-refractivity contribution in [2.24, 2.45) is 0 Å². The minimum atomic E-state index is -0.721. The van der Waals surface area contributed by atoms with Crippen molar-refractivity contribution in [3.8, 4) is 0 Å². The van der Waals surface area contributed by atoms with Crippen LogP contribution in [-0.2, 0) is 0 Å². The Labute approximate surface area is 113 Å². The van der Waals surface area contributed by atoms with Crippen LogP contribution in [-0.4, -0.2) is 10.9 Å². The van der Waals surface area contributed by atoms with E-state index in [4.69, 9.17) is 11.6 Å². The van der Waals surface area contributed by atoms with Gasteiger partial charge in [-0.05, 0) is 24.6 Å². The summed E-state index contributed by atoms with van der Waals surface area (Å²) in [5.41, 5.74) is 0.245. The van der Waals surface area contributed by atoms with E-state index < -0.39 is 17.5 Å². The molecule has 0 radical (unpaired) electrons. The van der Waals surface area contributed by atoms with E-state index in [1.165, 1.54) is 6.07 Å². The van der Waals surface area contributed by atoms with Crippen molar-refractivity contribution >= 4 is 23.2 Å². The van der Waals surface area contributed by atoms with Gasteiger partial charge in [0.25, 0.3) is 5.91 Å². The summed E-state index contributed by atoms with van der Waals surface area (Å²) < 4.78 is 26.7. The van der Waals surface area contributed by atoms with Gasteiger partial charge in [-0.25, -0.2) is 13.8 Å². The van der Waals surface area contributed by atoms with Gasteiger partial charge in [0.15, 0.2) is 0 Å². The van der Waals surface area contributed by atoms with Gasteiger partial charge in [-0.2, -0.15) is 0 Å². The second-order valence-corrected chi connectivity index (χ2v) is 4.24. The first-order valence-corrected chi connectivity index (χ1v) is 5.74. The number of aromatic nitrogens is 1. The summed E-state index contributed by atoms with van der Waals surface area (Å²) >= 11 is 5.70. The molecule has 1 heterocycles. The molecule has 3 nitrogen and oxygen atoms in total. The number of halogens is 3. The van der Waals surface area contributed by atoms with Crippen LogP contribution in [0.1, 0.15) is 15.9 Å². The Bertz CT molecular complexity index is 647. The fraction of sp³-hybridized carbons (Fsp3) is 0.0769. The highest BCUT2D eigenvalue weighted by Crippen LogP contribution is 2.20. The van der Waals surface area contributed by atoms with E-state index in [0.29, 0.717) is 5.56 Å². The van der Waals surface area contributed by atoms with Crippen LogP contribution < -0.4 is 5.32 Å². The van der Waals surface area contributed by atoms with Crippen LogP contribution in [0, 0.1) is 18.6 Å². The monoisotopic (exact) mass is 282 g/mol. The van der Waals surface area contributed by atoms with E-state index >= 15 is 0 Å². The van der Waals surface area contributed by atoms with Crippen LogP contribution in [0.15, 0.2) is 30.5 Å². The molecule has 0 aliphatic carbocycles. The lowest BCUT2D eigenvalue weighted by Crippen LogP contribution is -2.14. The van der Waals surface area contributed by atoms with E-state index in [1.54, 1.807) is 19.1 Å². The molecule has 98 valence electrons. The Hall–Kier alpha value is -2.01. The predicted molar refractivity (Wildman–Crippen MR) is 68.3 cm³/mol. The number of hydrogen-bond acceptors (Lipinski definition) is 2. The highest BCUT2D eigenvalue weighted by atomic mass is 35.5. The quantitative estimate of drug-likeness (QED) is 0.856. The molecule has 2 rings (SSSR count). The lowest BCUT2D eigenvalue weighted by atomic mass is 10.2. The zero-order valence-electron chi connectivity index (χ0n) is 9.88. The number of carbonyl (C=O) groups is 1. The van der Waals surface area contributed by atoms with Gasteiger partial charge in [-0.1, -0.05) is 23.7 Å². The predicted octanol–water partition coefficient (Wildman–Crippen LogP) is 3.57. The van der Waals surface area contributed by atoms with E-state index in [1.807, 2.05) is 0 Å². The molecule has 0 bridgehead atoms. The van der Waals surface area contributed by atoms with Gasteiger partial charge < -0.3 is 5.32 Å². The Morgan fingerprint density at radius 3 is 2.84 bits per heavy atom. The number of pyridine rings is 1. The van der Waals surface area contributed by atoms with Gasteiger partial charge in [-0.15, -0.1) is 0 Å². The summed E-state index contributed by atoms with van der Waals surface area (Å²) in [7, 11) is 0.